The number of esters is 1. The third-order valence-corrected chi connectivity index (χ3v) is 3.95. The lowest BCUT2D eigenvalue weighted by Gasteiger charge is -2.12. The van der Waals surface area contributed by atoms with Crippen LogP contribution in [-0.2, 0) is 14.3 Å². The van der Waals surface area contributed by atoms with E-state index in [0.29, 0.717) is 11.3 Å². The average molecular weight is 404 g/mol. The number of benzene rings is 2. The number of Topliss-reactive ketones (excluding diaryl/α,β-unsaturated/α-hetero) is 1. The van der Waals surface area contributed by atoms with Crippen LogP contribution in [0.4, 0.5) is 5.69 Å². The van der Waals surface area contributed by atoms with E-state index in [2.05, 4.69) is 21.2 Å². The summed E-state index contributed by atoms with van der Waals surface area (Å²) in [4.78, 5) is 35.8. The van der Waals surface area contributed by atoms with Gasteiger partial charge in [-0.05, 0) is 31.2 Å². The monoisotopic (exact) mass is 403 g/mol. The van der Waals surface area contributed by atoms with Crippen molar-refractivity contribution in [2.24, 2.45) is 0 Å². The zero-order valence-corrected chi connectivity index (χ0v) is 15.3. The van der Waals surface area contributed by atoms with Crippen LogP contribution in [0, 0.1) is 0 Å². The number of anilines is 1. The van der Waals surface area contributed by atoms with Crippen LogP contribution in [0.1, 0.15) is 30.1 Å². The van der Waals surface area contributed by atoms with E-state index in [1.165, 1.54) is 6.92 Å². The fourth-order valence-corrected chi connectivity index (χ4v) is 2.38. The minimum Gasteiger partial charge on any atom is -0.454 e. The zero-order valence-electron chi connectivity index (χ0n) is 13.7. The number of ketones is 1. The summed E-state index contributed by atoms with van der Waals surface area (Å²) in [6.07, 6.45) is -0.986. The van der Waals surface area contributed by atoms with Crippen LogP contribution >= 0.6 is 15.9 Å². The number of carbonyl (C=O) groups is 3. The molecular weight excluding hydrogens is 386 g/mol. The van der Waals surface area contributed by atoms with Crippen molar-refractivity contribution >= 4 is 39.3 Å². The first-order valence-corrected chi connectivity index (χ1v) is 8.59. The highest BCUT2D eigenvalue weighted by Gasteiger charge is 2.19. The molecule has 1 N–H and O–H groups in total. The van der Waals surface area contributed by atoms with Gasteiger partial charge in [-0.15, -0.1) is 0 Å². The first-order chi connectivity index (χ1) is 12.0. The molecule has 25 heavy (non-hydrogen) atoms. The molecule has 0 aliphatic carbocycles. The number of amides is 1. The highest BCUT2D eigenvalue weighted by atomic mass is 79.9. The lowest BCUT2D eigenvalue weighted by molar-refractivity contribution is -0.147. The van der Waals surface area contributed by atoms with Gasteiger partial charge in [0.25, 0.3) is 0 Å². The molecule has 0 aliphatic heterocycles. The third-order valence-electron chi connectivity index (χ3n) is 3.42. The van der Waals surface area contributed by atoms with Crippen molar-refractivity contribution < 1.29 is 19.1 Å². The molecule has 5 nitrogen and oxygen atoms in total. The molecule has 0 heterocycles. The van der Waals surface area contributed by atoms with Gasteiger partial charge in [0.1, 0.15) is 0 Å². The standard InChI is InChI=1S/C19H18BrNO4/c1-13(19(24)14-5-3-2-4-6-14)25-18(23)12-11-17(22)21-16-9-7-15(20)8-10-16/h2-10,13H,11-12H2,1H3,(H,21,22)/t13-/m1/s1. The molecule has 0 radical (unpaired) electrons. The second-order valence-electron chi connectivity index (χ2n) is 5.42. The lowest BCUT2D eigenvalue weighted by atomic mass is 10.1. The number of ether oxygens (including phenoxy) is 1. The lowest BCUT2D eigenvalue weighted by Crippen LogP contribution is -2.25. The SMILES string of the molecule is C[C@@H](OC(=O)CCC(=O)Nc1ccc(Br)cc1)C(=O)c1ccccc1. The average Bonchev–Trinajstić information content (AvgIpc) is 2.62. The Balaban J connectivity index is 1.77. The van der Waals surface area contributed by atoms with Gasteiger partial charge in [-0.25, -0.2) is 0 Å². The summed E-state index contributed by atoms with van der Waals surface area (Å²) in [5.74, 6) is -1.14. The van der Waals surface area contributed by atoms with E-state index in [1.807, 2.05) is 0 Å². The molecular formula is C19H18BrNO4. The van der Waals surface area contributed by atoms with Gasteiger partial charge in [0, 0.05) is 22.1 Å². The largest absolute Gasteiger partial charge is 0.454 e. The highest BCUT2D eigenvalue weighted by Crippen LogP contribution is 2.14. The molecule has 0 unspecified atom stereocenters. The van der Waals surface area contributed by atoms with E-state index in [-0.39, 0.29) is 24.5 Å². The van der Waals surface area contributed by atoms with E-state index in [0.717, 1.165) is 4.47 Å². The molecule has 6 heteroatoms. The van der Waals surface area contributed by atoms with Crippen molar-refractivity contribution in [3.05, 3.63) is 64.6 Å². The highest BCUT2D eigenvalue weighted by molar-refractivity contribution is 9.10. The molecule has 130 valence electrons. The molecule has 1 atom stereocenters. The van der Waals surface area contributed by atoms with E-state index < -0.39 is 12.1 Å². The molecule has 0 aromatic heterocycles. The maximum absolute atomic E-state index is 12.1. The predicted molar refractivity (Wildman–Crippen MR) is 98.3 cm³/mol. The van der Waals surface area contributed by atoms with E-state index >= 15 is 0 Å². The minimum atomic E-state index is -0.885. The van der Waals surface area contributed by atoms with Crippen molar-refractivity contribution in [3.8, 4) is 0 Å². The van der Waals surface area contributed by atoms with Gasteiger partial charge >= 0.3 is 5.97 Å². The molecule has 0 spiro atoms. The van der Waals surface area contributed by atoms with Gasteiger partial charge in [0.15, 0.2) is 6.10 Å². The first kappa shape index (κ1) is 18.9. The normalized spacial score (nSPS) is 11.4. The number of carbonyl (C=O) groups excluding carboxylic acids is 3. The van der Waals surface area contributed by atoms with Crippen LogP contribution in [0.5, 0.6) is 0 Å². The fourth-order valence-electron chi connectivity index (χ4n) is 2.12. The molecule has 0 bridgehead atoms. The van der Waals surface area contributed by atoms with Crippen LogP contribution in [0.25, 0.3) is 0 Å². The Kier molecular flexibility index (Phi) is 6.89. The maximum atomic E-state index is 12.1. The van der Waals surface area contributed by atoms with Gasteiger partial charge in [-0.3, -0.25) is 14.4 Å². The van der Waals surface area contributed by atoms with Crippen LogP contribution in [0.15, 0.2) is 59.1 Å². The predicted octanol–water partition coefficient (Wildman–Crippen LogP) is 3.98. The van der Waals surface area contributed by atoms with Crippen molar-refractivity contribution in [1.29, 1.82) is 0 Å². The molecule has 0 saturated carbocycles. The number of rotatable bonds is 7. The van der Waals surface area contributed by atoms with Gasteiger partial charge in [-0.2, -0.15) is 0 Å². The van der Waals surface area contributed by atoms with E-state index in [9.17, 15) is 14.4 Å². The Morgan fingerprint density at radius 2 is 1.64 bits per heavy atom. The Hall–Kier alpha value is -2.47. The molecule has 0 aliphatic rings. The summed E-state index contributed by atoms with van der Waals surface area (Å²) in [5.41, 5.74) is 1.13. The van der Waals surface area contributed by atoms with Gasteiger partial charge < -0.3 is 10.1 Å². The Bertz CT molecular complexity index is 744. The molecule has 0 saturated heterocycles. The van der Waals surface area contributed by atoms with Gasteiger partial charge in [0.05, 0.1) is 6.42 Å². The topological polar surface area (TPSA) is 72.5 Å². The maximum Gasteiger partial charge on any atom is 0.307 e. The second-order valence-corrected chi connectivity index (χ2v) is 6.33. The summed E-state index contributed by atoms with van der Waals surface area (Å²) in [5, 5.41) is 2.69. The van der Waals surface area contributed by atoms with Crippen molar-refractivity contribution in [3.63, 3.8) is 0 Å². The van der Waals surface area contributed by atoms with E-state index in [1.54, 1.807) is 54.6 Å². The van der Waals surface area contributed by atoms with Gasteiger partial charge in [0.2, 0.25) is 11.7 Å². The molecule has 2 rings (SSSR count). The molecule has 2 aromatic rings. The molecule has 2 aromatic carbocycles. The van der Waals surface area contributed by atoms with Crippen LogP contribution in [0.2, 0.25) is 0 Å². The Labute approximate surface area is 154 Å². The number of hydrogen-bond acceptors (Lipinski definition) is 4. The quantitative estimate of drug-likeness (QED) is 0.560. The summed E-state index contributed by atoms with van der Waals surface area (Å²) < 4.78 is 6.02. The van der Waals surface area contributed by atoms with E-state index in [4.69, 9.17) is 4.74 Å². The smallest absolute Gasteiger partial charge is 0.307 e. The summed E-state index contributed by atoms with van der Waals surface area (Å²) >= 11 is 3.31. The Morgan fingerprint density at radius 1 is 1.00 bits per heavy atom. The fraction of sp³-hybridized carbons (Fsp3) is 0.211. The first-order valence-electron chi connectivity index (χ1n) is 7.80. The summed E-state index contributed by atoms with van der Waals surface area (Å²) in [7, 11) is 0. The minimum absolute atomic E-state index is 0.0128. The summed E-state index contributed by atoms with van der Waals surface area (Å²) in [6, 6.07) is 15.7. The van der Waals surface area contributed by atoms with Crippen LogP contribution in [0.3, 0.4) is 0 Å². The summed E-state index contributed by atoms with van der Waals surface area (Å²) in [6.45, 7) is 1.52. The number of halogens is 1. The molecule has 0 fully saturated rings. The molecule has 1 amide bonds. The second kappa shape index (κ2) is 9.13. The van der Waals surface area contributed by atoms with Crippen LogP contribution in [-0.4, -0.2) is 23.8 Å². The van der Waals surface area contributed by atoms with Crippen molar-refractivity contribution in [2.45, 2.75) is 25.9 Å². The van der Waals surface area contributed by atoms with Crippen molar-refractivity contribution in [2.75, 3.05) is 5.32 Å². The zero-order chi connectivity index (χ0) is 18.2. The van der Waals surface area contributed by atoms with Gasteiger partial charge in [-0.1, -0.05) is 46.3 Å². The number of hydrogen-bond donors (Lipinski definition) is 1. The Morgan fingerprint density at radius 3 is 2.28 bits per heavy atom. The van der Waals surface area contributed by atoms with Crippen molar-refractivity contribution in [1.82, 2.24) is 0 Å². The van der Waals surface area contributed by atoms with Crippen LogP contribution < -0.4 is 5.32 Å². The number of nitrogens with one attached hydrogen (secondary N) is 1. The third kappa shape index (κ3) is 6.15.